The van der Waals surface area contributed by atoms with E-state index in [2.05, 4.69) is 0 Å². The Kier molecular flexibility index (Phi) is 7.99. The molecule has 0 amide bonds. The third-order valence-electron chi connectivity index (χ3n) is 2.64. The molecule has 0 radical (unpaired) electrons. The summed E-state index contributed by atoms with van der Waals surface area (Å²) in [5.41, 5.74) is 0.683. The van der Waals surface area contributed by atoms with Crippen LogP contribution in [0.1, 0.15) is 20.7 Å². The van der Waals surface area contributed by atoms with Crippen LogP contribution in [0.3, 0.4) is 0 Å². The molecule has 0 unspecified atom stereocenters. The van der Waals surface area contributed by atoms with Crippen LogP contribution >= 0.6 is 21.6 Å². The second-order valence-electron chi connectivity index (χ2n) is 3.82. The first kappa shape index (κ1) is 18.7. The maximum atomic E-state index is 12.3. The monoisotopic (exact) mass is 394 g/mol. The third kappa shape index (κ3) is 4.33. The van der Waals surface area contributed by atoms with E-state index in [0.29, 0.717) is 16.0 Å². The maximum Gasteiger partial charge on any atom is 2.00 e. The Morgan fingerprint density at radius 2 is 1.48 bits per heavy atom. The van der Waals surface area contributed by atoms with Crippen molar-refractivity contribution in [3.8, 4) is 0 Å². The van der Waals surface area contributed by atoms with Gasteiger partial charge in [-0.3, -0.25) is 31.2 Å². The van der Waals surface area contributed by atoms with Gasteiger partial charge in [0.15, 0.2) is 0 Å². The van der Waals surface area contributed by atoms with Crippen LogP contribution in [-0.4, -0.2) is 11.6 Å². The number of carbonyl (C=O) groups excluding carboxylic acids is 2. The third-order valence-corrected chi connectivity index (χ3v) is 4.93. The van der Waals surface area contributed by atoms with E-state index in [0.717, 1.165) is 26.5 Å². The van der Waals surface area contributed by atoms with Gasteiger partial charge >= 0.3 is 16.5 Å². The minimum Gasteiger partial charge on any atom is -0.714 e. The zero-order valence-corrected chi connectivity index (χ0v) is 14.6. The quantitative estimate of drug-likeness (QED) is 0.252. The van der Waals surface area contributed by atoms with Crippen LogP contribution in [0.2, 0.25) is 0 Å². The molecule has 0 N–H and O–H groups in total. The molecule has 110 valence electrons. The topological polar surface area (TPSA) is 34.1 Å². The molecule has 0 spiro atoms. The standard InChI is InChI=1S/C14H10O2S4.Ni/c15-12(9-5-2-1-3-6-9)13(16)10-7-4-8-11(19-17)14(10)20-18;/h1-8,17-18H;/q;+2/p-2. The number of carbonyl (C=O) groups is 2. The summed E-state index contributed by atoms with van der Waals surface area (Å²) in [5, 5.41) is 0. The maximum absolute atomic E-state index is 12.3. The molecular formula is C14H8NiO2S4. The Labute approximate surface area is 151 Å². The summed E-state index contributed by atoms with van der Waals surface area (Å²) in [6, 6.07) is 13.6. The molecule has 0 aliphatic carbocycles. The molecule has 0 heterocycles. The number of hydrogen-bond donors (Lipinski definition) is 0. The van der Waals surface area contributed by atoms with Gasteiger partial charge in [-0.15, -0.1) is 0 Å². The van der Waals surface area contributed by atoms with Crippen LogP contribution in [0.5, 0.6) is 0 Å². The van der Waals surface area contributed by atoms with Crippen molar-refractivity contribution in [3.05, 3.63) is 59.7 Å². The van der Waals surface area contributed by atoms with Crippen molar-refractivity contribution in [1.82, 2.24) is 0 Å². The number of benzene rings is 2. The van der Waals surface area contributed by atoms with Crippen LogP contribution in [-0.2, 0) is 39.8 Å². The number of Topliss-reactive ketones (excluding diaryl/α,β-unsaturated/α-hetero) is 2. The summed E-state index contributed by atoms with van der Waals surface area (Å²) < 4.78 is 0. The van der Waals surface area contributed by atoms with Crippen LogP contribution in [0.4, 0.5) is 0 Å². The van der Waals surface area contributed by atoms with E-state index >= 15 is 0 Å². The van der Waals surface area contributed by atoms with Crippen molar-refractivity contribution in [3.63, 3.8) is 0 Å². The molecular weight excluding hydrogens is 387 g/mol. The molecule has 0 fully saturated rings. The van der Waals surface area contributed by atoms with Crippen molar-refractivity contribution in [2.45, 2.75) is 9.79 Å². The van der Waals surface area contributed by atoms with Gasteiger partial charge in [0.1, 0.15) is 0 Å². The summed E-state index contributed by atoms with van der Waals surface area (Å²) in [6.07, 6.45) is 0. The Morgan fingerprint density at radius 3 is 2.05 bits per heavy atom. The molecule has 0 aromatic heterocycles. The summed E-state index contributed by atoms with van der Waals surface area (Å²) in [6.45, 7) is 0. The van der Waals surface area contributed by atoms with E-state index in [4.69, 9.17) is 23.3 Å². The van der Waals surface area contributed by atoms with Crippen molar-refractivity contribution in [2.24, 2.45) is 0 Å². The second-order valence-corrected chi connectivity index (χ2v) is 6.01. The van der Waals surface area contributed by atoms with E-state index < -0.39 is 11.6 Å². The number of ketones is 2. The SMILES string of the molecule is O=C(C(=O)c1cccc(S[S-])c1S[S-])c1ccccc1.[Ni+2]. The molecule has 0 aliphatic heterocycles. The van der Waals surface area contributed by atoms with Gasteiger partial charge in [0.05, 0.1) is 0 Å². The molecule has 2 aromatic carbocycles. The molecule has 0 saturated carbocycles. The summed E-state index contributed by atoms with van der Waals surface area (Å²) in [4.78, 5) is 25.8. The van der Waals surface area contributed by atoms with Crippen molar-refractivity contribution >= 4 is 56.5 Å². The van der Waals surface area contributed by atoms with E-state index in [-0.39, 0.29) is 16.5 Å². The average Bonchev–Trinajstić information content (AvgIpc) is 2.53. The first-order valence-electron chi connectivity index (χ1n) is 5.55. The van der Waals surface area contributed by atoms with Gasteiger partial charge in [0.25, 0.3) is 0 Å². The van der Waals surface area contributed by atoms with Crippen molar-refractivity contribution in [1.29, 1.82) is 0 Å². The van der Waals surface area contributed by atoms with E-state index in [9.17, 15) is 9.59 Å². The van der Waals surface area contributed by atoms with Crippen LogP contribution in [0.25, 0.3) is 0 Å². The Hall–Kier alpha value is -0.326. The largest absolute Gasteiger partial charge is 2.00 e. The fraction of sp³-hybridized carbons (Fsp3) is 0. The summed E-state index contributed by atoms with van der Waals surface area (Å²) in [5.74, 6) is -1.10. The normalized spacial score (nSPS) is 9.81. The second kappa shape index (κ2) is 8.96. The van der Waals surface area contributed by atoms with E-state index in [1.165, 1.54) is 0 Å². The van der Waals surface area contributed by atoms with Gasteiger partial charge in [-0.25, -0.2) is 0 Å². The fourth-order valence-corrected chi connectivity index (χ4v) is 3.93. The minimum absolute atomic E-state index is 0. The average molecular weight is 395 g/mol. The molecule has 2 aromatic rings. The predicted octanol–water partition coefficient (Wildman–Crippen LogP) is 3.86. The molecule has 0 saturated heterocycles. The van der Waals surface area contributed by atoms with E-state index in [1.54, 1.807) is 48.5 Å². The van der Waals surface area contributed by atoms with Crippen LogP contribution < -0.4 is 0 Å². The summed E-state index contributed by atoms with van der Waals surface area (Å²) >= 11 is 9.91. The number of rotatable bonds is 5. The fourth-order valence-electron chi connectivity index (χ4n) is 1.69. The molecule has 2 nitrogen and oxygen atoms in total. The van der Waals surface area contributed by atoms with Gasteiger partial charge in [0, 0.05) is 16.0 Å². The molecule has 0 aliphatic rings. The van der Waals surface area contributed by atoms with Gasteiger partial charge in [0.2, 0.25) is 11.6 Å². The smallest absolute Gasteiger partial charge is 0.714 e. The van der Waals surface area contributed by atoms with Crippen LogP contribution in [0, 0.1) is 0 Å². The first-order valence-corrected chi connectivity index (χ1v) is 9.04. The van der Waals surface area contributed by atoms with Gasteiger partial charge in [-0.2, -0.15) is 0 Å². The Bertz CT molecular complexity index is 647. The van der Waals surface area contributed by atoms with Gasteiger partial charge in [-0.1, -0.05) is 36.4 Å². The molecule has 21 heavy (non-hydrogen) atoms. The van der Waals surface area contributed by atoms with Crippen molar-refractivity contribution < 1.29 is 26.1 Å². The zero-order valence-electron chi connectivity index (χ0n) is 10.4. The minimum atomic E-state index is -0.561. The Balaban J connectivity index is 0.00000220. The molecule has 7 heteroatoms. The molecule has 0 atom stereocenters. The molecule has 2 rings (SSSR count). The summed E-state index contributed by atoms with van der Waals surface area (Å²) in [7, 11) is 2.10. The van der Waals surface area contributed by atoms with E-state index in [1.807, 2.05) is 0 Å². The zero-order chi connectivity index (χ0) is 14.5. The van der Waals surface area contributed by atoms with Gasteiger partial charge in [-0.05, 0) is 17.0 Å². The van der Waals surface area contributed by atoms with Crippen LogP contribution in [0.15, 0.2) is 58.3 Å². The molecule has 0 bridgehead atoms. The number of hydrogen-bond acceptors (Lipinski definition) is 6. The van der Waals surface area contributed by atoms with Gasteiger partial charge < -0.3 is 23.3 Å². The first-order chi connectivity index (χ1) is 9.69. The predicted molar refractivity (Wildman–Crippen MR) is 88.0 cm³/mol. The van der Waals surface area contributed by atoms with Crippen molar-refractivity contribution in [2.75, 3.05) is 0 Å². The Morgan fingerprint density at radius 1 is 0.810 bits per heavy atom.